The lowest BCUT2D eigenvalue weighted by Gasteiger charge is -2.33. The summed E-state index contributed by atoms with van der Waals surface area (Å²) in [5, 5.41) is 5.68. The van der Waals surface area contributed by atoms with Gasteiger partial charge in [0.15, 0.2) is 5.82 Å². The van der Waals surface area contributed by atoms with Crippen LogP contribution in [0.2, 0.25) is 0 Å². The van der Waals surface area contributed by atoms with Crippen molar-refractivity contribution < 1.29 is 18.4 Å². The molecule has 3 amide bonds. The minimum atomic E-state index is -2.69. The van der Waals surface area contributed by atoms with E-state index in [4.69, 9.17) is 0 Å². The number of anilines is 1. The van der Waals surface area contributed by atoms with E-state index in [2.05, 4.69) is 20.6 Å². The lowest BCUT2D eigenvalue weighted by Crippen LogP contribution is -2.44. The number of hydrogen-bond acceptors (Lipinski definition) is 3. The lowest BCUT2D eigenvalue weighted by atomic mass is 9.97. The fourth-order valence-corrected chi connectivity index (χ4v) is 3.91. The van der Waals surface area contributed by atoms with Gasteiger partial charge in [0.2, 0.25) is 0 Å². The molecule has 0 bridgehead atoms. The van der Waals surface area contributed by atoms with Crippen molar-refractivity contribution in [2.45, 2.75) is 26.2 Å². The van der Waals surface area contributed by atoms with Crippen LogP contribution in [0.5, 0.6) is 0 Å². The van der Waals surface area contributed by atoms with Gasteiger partial charge in [-0.15, -0.1) is 0 Å². The van der Waals surface area contributed by atoms with E-state index in [9.17, 15) is 18.4 Å². The summed E-state index contributed by atoms with van der Waals surface area (Å²) in [5.41, 5.74) is 3.07. The van der Waals surface area contributed by atoms with Crippen LogP contribution in [-0.4, -0.2) is 46.4 Å². The van der Waals surface area contributed by atoms with Crippen LogP contribution in [0, 0.1) is 12.8 Å². The number of benzene rings is 2. The highest BCUT2D eigenvalue weighted by atomic mass is 19.3. The van der Waals surface area contributed by atoms with Gasteiger partial charge in [-0.25, -0.2) is 18.6 Å². The molecule has 32 heavy (non-hydrogen) atoms. The molecular formula is C23H25F2N5O2. The van der Waals surface area contributed by atoms with Crippen molar-refractivity contribution in [3.8, 4) is 0 Å². The van der Waals surface area contributed by atoms with Gasteiger partial charge in [-0.2, -0.15) is 0 Å². The number of halogens is 2. The number of carbonyl (C=O) groups excluding carboxylic acids is 2. The van der Waals surface area contributed by atoms with Gasteiger partial charge in [0.1, 0.15) is 0 Å². The Morgan fingerprint density at radius 3 is 2.75 bits per heavy atom. The monoisotopic (exact) mass is 441 g/mol. The van der Waals surface area contributed by atoms with Crippen molar-refractivity contribution in [2.75, 3.05) is 25.0 Å². The van der Waals surface area contributed by atoms with E-state index in [0.717, 1.165) is 24.1 Å². The molecule has 4 rings (SSSR count). The molecule has 1 aliphatic rings. The SMILES string of the molecule is Cc1ccc(NC(=O)NCC2CCCN(C(=O)c3ccc4nc(C(F)F)[nH]c4c3)C2)cc1. The average Bonchev–Trinajstić information content (AvgIpc) is 3.23. The maximum atomic E-state index is 13.0. The van der Waals surface area contributed by atoms with Gasteiger partial charge in [-0.1, -0.05) is 17.7 Å². The van der Waals surface area contributed by atoms with Crippen molar-refractivity contribution in [1.82, 2.24) is 20.2 Å². The first-order valence-corrected chi connectivity index (χ1v) is 10.6. The zero-order valence-electron chi connectivity index (χ0n) is 17.7. The highest BCUT2D eigenvalue weighted by Crippen LogP contribution is 2.23. The molecular weight excluding hydrogens is 416 g/mol. The van der Waals surface area contributed by atoms with Gasteiger partial charge < -0.3 is 20.5 Å². The number of aryl methyl sites for hydroxylation is 1. The van der Waals surface area contributed by atoms with Crippen molar-refractivity contribution in [3.05, 3.63) is 59.4 Å². The first kappa shape index (κ1) is 21.7. The van der Waals surface area contributed by atoms with Crippen LogP contribution >= 0.6 is 0 Å². The fraction of sp³-hybridized carbons (Fsp3) is 0.348. The number of aromatic amines is 1. The molecule has 1 saturated heterocycles. The first-order valence-electron chi connectivity index (χ1n) is 10.6. The first-order chi connectivity index (χ1) is 15.4. The molecule has 0 spiro atoms. The summed E-state index contributed by atoms with van der Waals surface area (Å²) in [6.45, 7) is 3.58. The van der Waals surface area contributed by atoms with Crippen molar-refractivity contribution in [1.29, 1.82) is 0 Å². The number of carbonyl (C=O) groups is 2. The Labute approximate surface area is 184 Å². The Morgan fingerprint density at radius 1 is 1.22 bits per heavy atom. The molecule has 1 aromatic heterocycles. The Balaban J connectivity index is 1.33. The number of alkyl halides is 2. The third kappa shape index (κ3) is 5.04. The molecule has 2 aromatic carbocycles. The summed E-state index contributed by atoms with van der Waals surface area (Å²) in [6, 6.07) is 12.0. The van der Waals surface area contributed by atoms with Crippen molar-refractivity contribution in [3.63, 3.8) is 0 Å². The maximum absolute atomic E-state index is 13.0. The molecule has 0 saturated carbocycles. The largest absolute Gasteiger partial charge is 0.338 e. The molecule has 1 fully saturated rings. The number of amides is 3. The molecule has 9 heteroatoms. The summed E-state index contributed by atoms with van der Waals surface area (Å²) >= 11 is 0. The smallest absolute Gasteiger partial charge is 0.319 e. The summed E-state index contributed by atoms with van der Waals surface area (Å²) < 4.78 is 25.7. The lowest BCUT2D eigenvalue weighted by molar-refractivity contribution is 0.0675. The second-order valence-corrected chi connectivity index (χ2v) is 8.12. The Bertz CT molecular complexity index is 1110. The molecule has 1 atom stereocenters. The standard InChI is InChI=1S/C23H25F2N5O2/c1-14-4-7-17(8-5-14)27-23(32)26-12-15-3-2-10-30(13-15)22(31)16-6-9-18-19(11-16)29-21(28-18)20(24)25/h4-9,11,15,20H,2-3,10,12-13H2,1H3,(H,28,29)(H2,26,27,32). The summed E-state index contributed by atoms with van der Waals surface area (Å²) in [5.74, 6) is -0.427. The van der Waals surface area contributed by atoms with Gasteiger partial charge in [0.25, 0.3) is 12.3 Å². The minimum Gasteiger partial charge on any atom is -0.338 e. The van der Waals surface area contributed by atoms with E-state index >= 15 is 0 Å². The van der Waals surface area contributed by atoms with E-state index in [0.29, 0.717) is 36.2 Å². The molecule has 0 aliphatic carbocycles. The number of fused-ring (bicyclic) bond motifs is 1. The van der Waals surface area contributed by atoms with Crippen LogP contribution in [0.25, 0.3) is 11.0 Å². The maximum Gasteiger partial charge on any atom is 0.319 e. The summed E-state index contributed by atoms with van der Waals surface area (Å²) in [7, 11) is 0. The molecule has 3 aromatic rings. The van der Waals surface area contributed by atoms with Crippen LogP contribution in [-0.2, 0) is 0 Å². The van der Waals surface area contributed by atoms with E-state index in [1.807, 2.05) is 31.2 Å². The van der Waals surface area contributed by atoms with E-state index in [-0.39, 0.29) is 17.9 Å². The van der Waals surface area contributed by atoms with Gasteiger partial charge in [0.05, 0.1) is 11.0 Å². The summed E-state index contributed by atoms with van der Waals surface area (Å²) in [4.78, 5) is 33.3. The summed E-state index contributed by atoms with van der Waals surface area (Å²) in [6.07, 6.45) is -0.953. The van der Waals surface area contributed by atoms with Gasteiger partial charge in [-0.3, -0.25) is 4.79 Å². The quantitative estimate of drug-likeness (QED) is 0.545. The number of piperidine rings is 1. The number of likely N-dealkylation sites (tertiary alicyclic amines) is 1. The van der Waals surface area contributed by atoms with Gasteiger partial charge >= 0.3 is 6.03 Å². The number of nitrogens with zero attached hydrogens (tertiary/aromatic N) is 2. The molecule has 7 nitrogen and oxygen atoms in total. The van der Waals surface area contributed by atoms with Crippen molar-refractivity contribution >= 4 is 28.7 Å². The van der Waals surface area contributed by atoms with Crippen LogP contribution in [0.4, 0.5) is 19.3 Å². The third-order valence-electron chi connectivity index (χ3n) is 5.62. The van der Waals surface area contributed by atoms with Crippen molar-refractivity contribution in [2.24, 2.45) is 5.92 Å². The van der Waals surface area contributed by atoms with Gasteiger partial charge in [0, 0.05) is 30.9 Å². The van der Waals surface area contributed by atoms with Crippen LogP contribution in [0.1, 0.15) is 41.0 Å². The van der Waals surface area contributed by atoms with E-state index in [1.54, 1.807) is 23.1 Å². The molecule has 1 aliphatic heterocycles. The molecule has 2 heterocycles. The van der Waals surface area contributed by atoms with Crippen LogP contribution in [0.3, 0.4) is 0 Å². The second-order valence-electron chi connectivity index (χ2n) is 8.12. The number of imidazole rings is 1. The number of nitrogens with one attached hydrogen (secondary N) is 3. The predicted octanol–water partition coefficient (Wildman–Crippen LogP) is 4.48. The normalized spacial score (nSPS) is 16.4. The molecule has 0 radical (unpaired) electrons. The minimum absolute atomic E-state index is 0.137. The number of urea groups is 1. The Hall–Kier alpha value is -3.49. The highest BCUT2D eigenvalue weighted by molar-refractivity contribution is 5.97. The van der Waals surface area contributed by atoms with E-state index < -0.39 is 12.2 Å². The third-order valence-corrected chi connectivity index (χ3v) is 5.62. The average molecular weight is 441 g/mol. The fourth-order valence-electron chi connectivity index (χ4n) is 3.91. The number of hydrogen-bond donors (Lipinski definition) is 3. The molecule has 1 unspecified atom stereocenters. The Kier molecular flexibility index (Phi) is 6.34. The number of H-pyrrole nitrogens is 1. The predicted molar refractivity (Wildman–Crippen MR) is 118 cm³/mol. The zero-order valence-corrected chi connectivity index (χ0v) is 17.7. The van der Waals surface area contributed by atoms with Crippen LogP contribution < -0.4 is 10.6 Å². The highest BCUT2D eigenvalue weighted by Gasteiger charge is 2.25. The molecule has 3 N–H and O–H groups in total. The zero-order chi connectivity index (χ0) is 22.7. The number of aromatic nitrogens is 2. The Morgan fingerprint density at radius 2 is 2.00 bits per heavy atom. The molecule has 168 valence electrons. The topological polar surface area (TPSA) is 90.1 Å². The second kappa shape index (κ2) is 9.33. The number of rotatable bonds is 5. The van der Waals surface area contributed by atoms with Gasteiger partial charge in [-0.05, 0) is 56.0 Å². The van der Waals surface area contributed by atoms with Crippen LogP contribution in [0.15, 0.2) is 42.5 Å². The van der Waals surface area contributed by atoms with E-state index in [1.165, 1.54) is 0 Å².